The van der Waals surface area contributed by atoms with Crippen molar-refractivity contribution in [3.8, 4) is 11.5 Å². The smallest absolute Gasteiger partial charge is 0.276 e. The summed E-state index contributed by atoms with van der Waals surface area (Å²) in [7, 11) is 1.84. The normalized spacial score (nSPS) is 13.6. The number of carbonyl (C=O) groups excluding carboxylic acids is 2. The average molecular weight is 508 g/mol. The van der Waals surface area contributed by atoms with E-state index in [1.807, 2.05) is 11.6 Å². The number of nitrogens with one attached hydrogen (secondary N) is 2. The molecule has 10 heteroatoms. The summed E-state index contributed by atoms with van der Waals surface area (Å²) in [6.07, 6.45) is 3.15. The number of imide groups is 1. The Bertz CT molecular complexity index is 2000. The lowest BCUT2D eigenvalue weighted by molar-refractivity contribution is 0.0563. The van der Waals surface area contributed by atoms with Gasteiger partial charge in [0.2, 0.25) is 0 Å². The van der Waals surface area contributed by atoms with E-state index >= 15 is 0 Å². The van der Waals surface area contributed by atoms with Gasteiger partial charge in [-0.3, -0.25) is 14.6 Å². The van der Waals surface area contributed by atoms with Gasteiger partial charge in [0.1, 0.15) is 11.5 Å². The number of aromatic amines is 1. The number of hydrazine groups is 1. The Balaban J connectivity index is 1.51. The lowest BCUT2D eigenvalue weighted by Gasteiger charge is -2.15. The average Bonchev–Trinajstić information content (AvgIpc) is 3.50. The van der Waals surface area contributed by atoms with Crippen LogP contribution in [0.2, 0.25) is 0 Å². The SMILES string of the molecule is Cn1c2cc(O)ccc2c2c3c(c4c5ccc(O)cc5[nH]c4c21)C(=O)N(NCc1cncc(CO)c1)C3=O. The molecule has 188 valence electrons. The first-order valence-electron chi connectivity index (χ1n) is 11.9. The molecule has 4 heterocycles. The van der Waals surface area contributed by atoms with Crippen LogP contribution < -0.4 is 5.43 Å². The molecule has 1 aliphatic heterocycles. The van der Waals surface area contributed by atoms with E-state index in [-0.39, 0.29) is 35.8 Å². The van der Waals surface area contributed by atoms with E-state index in [1.54, 1.807) is 54.9 Å². The molecule has 0 fully saturated rings. The number of aliphatic hydroxyl groups excluding tert-OH is 1. The molecule has 0 saturated heterocycles. The standard InChI is InChI=1S/C28H21N5O5/c1-32-20-8-16(36)3-5-18(20)22-24-23(21-17-4-2-15(35)7-19(17)31-25(21)26(22)32)27(37)33(28(24)38)30-11-13-6-14(12-34)10-29-9-13/h2-10,30-31,34-36H,11-12H2,1H3. The van der Waals surface area contributed by atoms with Gasteiger partial charge in [-0.05, 0) is 41.5 Å². The van der Waals surface area contributed by atoms with E-state index < -0.39 is 11.8 Å². The highest BCUT2D eigenvalue weighted by molar-refractivity contribution is 6.39. The highest BCUT2D eigenvalue weighted by atomic mass is 16.3. The summed E-state index contributed by atoms with van der Waals surface area (Å²) in [5.74, 6) is -0.824. The largest absolute Gasteiger partial charge is 0.508 e. The zero-order chi connectivity index (χ0) is 26.3. The van der Waals surface area contributed by atoms with Crippen LogP contribution in [-0.4, -0.2) is 46.7 Å². The Morgan fingerprint density at radius 1 is 0.895 bits per heavy atom. The number of hydrogen-bond acceptors (Lipinski definition) is 7. The molecule has 0 aliphatic carbocycles. The van der Waals surface area contributed by atoms with Crippen molar-refractivity contribution in [2.45, 2.75) is 13.2 Å². The quantitative estimate of drug-likeness (QED) is 0.230. The minimum Gasteiger partial charge on any atom is -0.508 e. The summed E-state index contributed by atoms with van der Waals surface area (Å²) >= 11 is 0. The number of phenolic OH excluding ortho intramolecular Hbond substituents is 2. The number of benzene rings is 3. The number of phenols is 2. The summed E-state index contributed by atoms with van der Waals surface area (Å²) in [4.78, 5) is 35.3. The van der Waals surface area contributed by atoms with E-state index in [9.17, 15) is 24.9 Å². The number of rotatable bonds is 4. The first-order valence-corrected chi connectivity index (χ1v) is 11.9. The van der Waals surface area contributed by atoms with Crippen LogP contribution in [0.1, 0.15) is 31.8 Å². The molecule has 7 rings (SSSR count). The Hall–Kier alpha value is -4.93. The van der Waals surface area contributed by atoms with Gasteiger partial charge >= 0.3 is 0 Å². The molecule has 10 nitrogen and oxygen atoms in total. The lowest BCUT2D eigenvalue weighted by atomic mass is 9.96. The third-order valence-corrected chi connectivity index (χ3v) is 7.26. The Morgan fingerprint density at radius 2 is 1.58 bits per heavy atom. The Labute approximate surface area is 214 Å². The molecule has 2 amide bonds. The summed E-state index contributed by atoms with van der Waals surface area (Å²) < 4.78 is 1.89. The second-order valence-electron chi connectivity index (χ2n) is 9.48. The lowest BCUT2D eigenvalue weighted by Crippen LogP contribution is -2.42. The van der Waals surface area contributed by atoms with E-state index in [2.05, 4.69) is 15.4 Å². The van der Waals surface area contributed by atoms with Crippen molar-refractivity contribution < 1.29 is 24.9 Å². The molecule has 0 unspecified atom stereocenters. The molecule has 38 heavy (non-hydrogen) atoms. The number of aryl methyl sites for hydroxylation is 1. The predicted molar refractivity (Wildman–Crippen MR) is 141 cm³/mol. The molecule has 0 bridgehead atoms. The molecular formula is C28H21N5O5. The van der Waals surface area contributed by atoms with Crippen molar-refractivity contribution in [2.75, 3.05) is 0 Å². The van der Waals surface area contributed by atoms with Gasteiger partial charge in [0.15, 0.2) is 0 Å². The molecule has 3 aromatic carbocycles. The fourth-order valence-electron chi connectivity index (χ4n) is 5.63. The Kier molecular flexibility index (Phi) is 4.56. The minimum absolute atomic E-state index is 0.0725. The van der Waals surface area contributed by atoms with Gasteiger partial charge in [-0.1, -0.05) is 0 Å². The first kappa shape index (κ1) is 22.3. The van der Waals surface area contributed by atoms with Crippen LogP contribution in [0, 0.1) is 0 Å². The summed E-state index contributed by atoms with van der Waals surface area (Å²) in [5.41, 5.74) is 7.51. The molecule has 0 atom stereocenters. The second-order valence-corrected chi connectivity index (χ2v) is 9.48. The molecular weight excluding hydrogens is 486 g/mol. The third-order valence-electron chi connectivity index (χ3n) is 7.26. The summed E-state index contributed by atoms with van der Waals surface area (Å²) in [6.45, 7) is -0.0274. The maximum atomic E-state index is 13.9. The maximum Gasteiger partial charge on any atom is 0.276 e. The zero-order valence-electron chi connectivity index (χ0n) is 20.1. The number of aromatic nitrogens is 3. The van der Waals surface area contributed by atoms with Crippen LogP contribution in [0.25, 0.3) is 43.6 Å². The first-order chi connectivity index (χ1) is 18.4. The molecule has 5 N–H and O–H groups in total. The van der Waals surface area contributed by atoms with Crippen LogP contribution in [0.5, 0.6) is 11.5 Å². The number of pyridine rings is 1. The van der Waals surface area contributed by atoms with Gasteiger partial charge in [-0.25, -0.2) is 10.4 Å². The fraction of sp³-hybridized carbons (Fsp3) is 0.107. The number of nitrogens with zero attached hydrogens (tertiary/aromatic N) is 3. The van der Waals surface area contributed by atoms with Crippen molar-refractivity contribution in [1.29, 1.82) is 0 Å². The van der Waals surface area contributed by atoms with E-state index in [4.69, 9.17) is 0 Å². The minimum atomic E-state index is -0.493. The molecule has 0 radical (unpaired) electrons. The molecule has 0 spiro atoms. The topological polar surface area (TPSA) is 144 Å². The van der Waals surface area contributed by atoms with Crippen LogP contribution in [0.3, 0.4) is 0 Å². The highest BCUT2D eigenvalue weighted by Gasteiger charge is 2.41. The van der Waals surface area contributed by atoms with Crippen molar-refractivity contribution in [2.24, 2.45) is 7.05 Å². The van der Waals surface area contributed by atoms with Crippen molar-refractivity contribution in [3.05, 3.63) is 77.1 Å². The van der Waals surface area contributed by atoms with Crippen molar-refractivity contribution in [3.63, 3.8) is 0 Å². The number of H-pyrrole nitrogens is 1. The van der Waals surface area contributed by atoms with E-state index in [1.165, 1.54) is 0 Å². The number of aromatic hydroxyl groups is 2. The fourth-order valence-corrected chi connectivity index (χ4v) is 5.63. The maximum absolute atomic E-state index is 13.9. The number of hydrogen-bond donors (Lipinski definition) is 5. The molecule has 1 aliphatic rings. The van der Waals surface area contributed by atoms with Crippen LogP contribution in [0.15, 0.2) is 54.9 Å². The Morgan fingerprint density at radius 3 is 2.34 bits per heavy atom. The molecule has 0 saturated carbocycles. The van der Waals surface area contributed by atoms with Crippen LogP contribution in [-0.2, 0) is 20.2 Å². The molecule has 6 aromatic rings. The van der Waals surface area contributed by atoms with Crippen molar-refractivity contribution >= 4 is 55.4 Å². The van der Waals surface area contributed by atoms with Crippen LogP contribution >= 0.6 is 0 Å². The van der Waals surface area contributed by atoms with Gasteiger partial charge in [-0.2, -0.15) is 0 Å². The number of fused-ring (bicyclic) bond motifs is 10. The molecule has 3 aromatic heterocycles. The second kappa shape index (κ2) is 7.78. The summed E-state index contributed by atoms with van der Waals surface area (Å²) in [5, 5.41) is 33.3. The van der Waals surface area contributed by atoms with Gasteiger partial charge in [0.05, 0.1) is 39.8 Å². The van der Waals surface area contributed by atoms with Gasteiger partial charge in [-0.15, -0.1) is 0 Å². The summed E-state index contributed by atoms with van der Waals surface area (Å²) in [6, 6.07) is 11.5. The number of aliphatic hydroxyl groups is 1. The third kappa shape index (κ3) is 2.92. The zero-order valence-corrected chi connectivity index (χ0v) is 20.1. The van der Waals surface area contributed by atoms with E-state index in [0.29, 0.717) is 49.4 Å². The van der Waals surface area contributed by atoms with E-state index in [0.717, 1.165) is 10.4 Å². The number of amides is 2. The number of carbonyl (C=O) groups is 2. The van der Waals surface area contributed by atoms with Gasteiger partial charge in [0.25, 0.3) is 11.8 Å². The van der Waals surface area contributed by atoms with Crippen molar-refractivity contribution in [1.82, 2.24) is 25.0 Å². The predicted octanol–water partition coefficient (Wildman–Crippen LogP) is 3.57. The van der Waals surface area contributed by atoms with Crippen LogP contribution in [0.4, 0.5) is 0 Å². The highest BCUT2D eigenvalue weighted by Crippen LogP contribution is 2.45. The van der Waals surface area contributed by atoms with Gasteiger partial charge < -0.3 is 24.9 Å². The van der Waals surface area contributed by atoms with Gasteiger partial charge in [0, 0.05) is 59.7 Å². The monoisotopic (exact) mass is 507 g/mol.